The topological polar surface area (TPSA) is 76.8 Å². The van der Waals surface area contributed by atoms with Crippen LogP contribution in [0, 0.1) is 0 Å². The first-order valence-corrected chi connectivity index (χ1v) is 6.55. The van der Waals surface area contributed by atoms with Gasteiger partial charge in [-0.3, -0.25) is 5.10 Å². The van der Waals surface area contributed by atoms with Gasteiger partial charge in [0.1, 0.15) is 18.7 Å². The van der Waals surface area contributed by atoms with Crippen LogP contribution in [0.25, 0.3) is 11.4 Å². The van der Waals surface area contributed by atoms with Crippen molar-refractivity contribution in [1.82, 2.24) is 15.2 Å². The van der Waals surface area contributed by atoms with Gasteiger partial charge < -0.3 is 10.5 Å². The van der Waals surface area contributed by atoms with Crippen LogP contribution in [-0.2, 0) is 0 Å². The van der Waals surface area contributed by atoms with E-state index in [2.05, 4.69) is 28.3 Å². The molecule has 1 aromatic carbocycles. The lowest BCUT2D eigenvalue weighted by molar-refractivity contribution is 0.347. The zero-order chi connectivity index (χ0) is 16.2. The lowest BCUT2D eigenvalue weighted by Crippen LogP contribution is -2.10. The molecule has 0 fully saturated rings. The van der Waals surface area contributed by atoms with Crippen LogP contribution < -0.4 is 10.5 Å². The van der Waals surface area contributed by atoms with Gasteiger partial charge in [0.25, 0.3) is 0 Å². The van der Waals surface area contributed by atoms with Crippen LogP contribution in [0.1, 0.15) is 0 Å². The first-order chi connectivity index (χ1) is 10.7. The highest BCUT2D eigenvalue weighted by Gasteiger charge is 2.02. The van der Waals surface area contributed by atoms with Crippen molar-refractivity contribution in [3.8, 4) is 17.1 Å². The smallest absolute Gasteiger partial charge is 0.155 e. The number of nitrogens with two attached hydrogens (primary N) is 1. The van der Waals surface area contributed by atoms with E-state index in [1.54, 1.807) is 24.3 Å². The summed E-state index contributed by atoms with van der Waals surface area (Å²) < 4.78 is 17.7. The summed E-state index contributed by atoms with van der Waals surface area (Å²) in [6.07, 6.45) is 5.20. The molecule has 3 N–H and O–H groups in total. The first-order valence-electron chi connectivity index (χ1n) is 6.55. The molecule has 0 atom stereocenters. The average Bonchev–Trinajstić information content (AvgIpc) is 3.11. The standard InChI is InChI=1S/C12H13FN4O.C4H6/c13-5-9(6-14)7-18-11-3-1-10(2-4-11)12-15-8-16-17-12;1-3-4-2/h1-5,8H,6-7,14H2,(H,15,16,17);3-4H,1-2H2/b9-5+;. The molecule has 0 amide bonds. The van der Waals surface area contributed by atoms with Crippen LogP contribution in [0.5, 0.6) is 5.75 Å². The van der Waals surface area contributed by atoms with Gasteiger partial charge in [-0.2, -0.15) is 5.10 Å². The zero-order valence-corrected chi connectivity index (χ0v) is 12.2. The third-order valence-electron chi connectivity index (χ3n) is 2.55. The molecule has 2 rings (SSSR count). The molecule has 0 saturated heterocycles. The van der Waals surface area contributed by atoms with Crippen LogP contribution in [0.15, 0.2) is 67.8 Å². The fourth-order valence-corrected chi connectivity index (χ4v) is 1.36. The van der Waals surface area contributed by atoms with Gasteiger partial charge in [-0.05, 0) is 24.3 Å². The normalized spacial score (nSPS) is 10.4. The second-order valence-electron chi connectivity index (χ2n) is 4.09. The van der Waals surface area contributed by atoms with Crippen molar-refractivity contribution >= 4 is 0 Å². The SMILES string of the molecule is C=CC=C.NC/C(=C\F)COc1ccc(-c2ncn[nH]2)cc1. The number of nitrogens with zero attached hydrogens (tertiary/aromatic N) is 2. The number of H-pyrrole nitrogens is 1. The molecule has 1 aromatic heterocycles. The fraction of sp³-hybridized carbons (Fsp3) is 0.125. The van der Waals surface area contributed by atoms with E-state index in [0.29, 0.717) is 23.5 Å². The Hall–Kier alpha value is -2.73. The molecular formula is C16H19FN4O. The van der Waals surface area contributed by atoms with E-state index in [-0.39, 0.29) is 13.2 Å². The number of hydrogen-bond donors (Lipinski definition) is 2. The van der Waals surface area contributed by atoms with Gasteiger partial charge in [-0.25, -0.2) is 9.37 Å². The summed E-state index contributed by atoms with van der Waals surface area (Å²) in [5.74, 6) is 1.33. The number of hydrogen-bond acceptors (Lipinski definition) is 4. The van der Waals surface area contributed by atoms with E-state index in [4.69, 9.17) is 10.5 Å². The lowest BCUT2D eigenvalue weighted by atomic mass is 10.2. The molecule has 1 heterocycles. The quantitative estimate of drug-likeness (QED) is 0.804. The molecule has 6 heteroatoms. The fourth-order valence-electron chi connectivity index (χ4n) is 1.36. The minimum atomic E-state index is 0.145. The molecule has 116 valence electrons. The van der Waals surface area contributed by atoms with Gasteiger partial charge in [0, 0.05) is 17.7 Å². The van der Waals surface area contributed by atoms with E-state index in [9.17, 15) is 4.39 Å². The number of nitrogens with one attached hydrogen (secondary N) is 1. The van der Waals surface area contributed by atoms with Crippen molar-refractivity contribution in [3.05, 3.63) is 67.8 Å². The summed E-state index contributed by atoms with van der Waals surface area (Å²) in [5.41, 5.74) is 6.64. The lowest BCUT2D eigenvalue weighted by Gasteiger charge is -2.07. The number of ether oxygens (including phenoxy) is 1. The minimum absolute atomic E-state index is 0.145. The Kier molecular flexibility index (Phi) is 7.92. The van der Waals surface area contributed by atoms with Crippen molar-refractivity contribution < 1.29 is 9.13 Å². The van der Waals surface area contributed by atoms with E-state index in [0.717, 1.165) is 5.56 Å². The van der Waals surface area contributed by atoms with Crippen LogP contribution in [0.2, 0.25) is 0 Å². The van der Waals surface area contributed by atoms with Crippen LogP contribution in [-0.4, -0.2) is 28.3 Å². The van der Waals surface area contributed by atoms with Crippen molar-refractivity contribution in [1.29, 1.82) is 0 Å². The molecule has 0 radical (unpaired) electrons. The average molecular weight is 302 g/mol. The Morgan fingerprint density at radius 2 is 1.95 bits per heavy atom. The summed E-state index contributed by atoms with van der Waals surface area (Å²) in [6.45, 7) is 7.02. The van der Waals surface area contributed by atoms with Crippen molar-refractivity contribution in [3.63, 3.8) is 0 Å². The highest BCUT2D eigenvalue weighted by Crippen LogP contribution is 2.18. The number of aromatic nitrogens is 3. The molecule has 0 bridgehead atoms. The highest BCUT2D eigenvalue weighted by atomic mass is 19.1. The molecule has 5 nitrogen and oxygen atoms in total. The molecule has 22 heavy (non-hydrogen) atoms. The Labute approximate surface area is 129 Å². The first kappa shape index (κ1) is 17.3. The Morgan fingerprint density at radius 1 is 1.27 bits per heavy atom. The summed E-state index contributed by atoms with van der Waals surface area (Å²) >= 11 is 0. The van der Waals surface area contributed by atoms with Crippen LogP contribution in [0.4, 0.5) is 4.39 Å². The Balaban J connectivity index is 0.000000541. The molecule has 0 unspecified atom stereocenters. The zero-order valence-electron chi connectivity index (χ0n) is 12.2. The maximum Gasteiger partial charge on any atom is 0.155 e. The number of rotatable bonds is 6. The predicted octanol–water partition coefficient (Wildman–Crippen LogP) is 3.02. The molecule has 0 spiro atoms. The van der Waals surface area contributed by atoms with E-state index in [1.165, 1.54) is 6.33 Å². The molecule has 0 aliphatic heterocycles. The van der Waals surface area contributed by atoms with E-state index < -0.39 is 0 Å². The number of allylic oxidation sites excluding steroid dienone is 2. The van der Waals surface area contributed by atoms with Gasteiger partial charge in [0.15, 0.2) is 5.82 Å². The van der Waals surface area contributed by atoms with Crippen molar-refractivity contribution in [2.24, 2.45) is 5.73 Å². The summed E-state index contributed by atoms with van der Waals surface area (Å²) in [6, 6.07) is 7.25. The summed E-state index contributed by atoms with van der Waals surface area (Å²) in [4.78, 5) is 4.03. The monoisotopic (exact) mass is 302 g/mol. The summed E-state index contributed by atoms with van der Waals surface area (Å²) in [5, 5.41) is 6.54. The number of benzene rings is 1. The number of halogens is 1. The maximum atomic E-state index is 12.3. The third-order valence-corrected chi connectivity index (χ3v) is 2.55. The molecule has 0 aliphatic rings. The second-order valence-corrected chi connectivity index (χ2v) is 4.09. The minimum Gasteiger partial charge on any atom is -0.489 e. The third kappa shape index (κ3) is 5.72. The highest BCUT2D eigenvalue weighted by molar-refractivity contribution is 5.55. The molecule has 0 saturated carbocycles. The van der Waals surface area contributed by atoms with Gasteiger partial charge in [-0.15, -0.1) is 0 Å². The van der Waals surface area contributed by atoms with Gasteiger partial charge in [0.2, 0.25) is 0 Å². The van der Waals surface area contributed by atoms with Gasteiger partial charge >= 0.3 is 0 Å². The van der Waals surface area contributed by atoms with Crippen molar-refractivity contribution in [2.75, 3.05) is 13.2 Å². The Morgan fingerprint density at radius 3 is 2.41 bits per heavy atom. The van der Waals surface area contributed by atoms with E-state index >= 15 is 0 Å². The molecular weight excluding hydrogens is 283 g/mol. The number of aromatic amines is 1. The second kappa shape index (κ2) is 10.1. The molecule has 0 aliphatic carbocycles. The van der Waals surface area contributed by atoms with E-state index in [1.807, 2.05) is 12.1 Å². The largest absolute Gasteiger partial charge is 0.489 e. The Bertz CT molecular complexity index is 585. The summed E-state index contributed by atoms with van der Waals surface area (Å²) in [7, 11) is 0. The van der Waals surface area contributed by atoms with Gasteiger partial charge in [0.05, 0.1) is 6.33 Å². The van der Waals surface area contributed by atoms with Gasteiger partial charge in [-0.1, -0.05) is 25.3 Å². The molecule has 2 aromatic rings. The van der Waals surface area contributed by atoms with Crippen LogP contribution in [0.3, 0.4) is 0 Å². The van der Waals surface area contributed by atoms with Crippen molar-refractivity contribution in [2.45, 2.75) is 0 Å². The van der Waals surface area contributed by atoms with Crippen LogP contribution >= 0.6 is 0 Å². The predicted molar refractivity (Wildman–Crippen MR) is 86.0 cm³/mol. The maximum absolute atomic E-state index is 12.3.